The van der Waals surface area contributed by atoms with E-state index in [2.05, 4.69) is 4.74 Å². The number of sulfonamides is 1. The van der Waals surface area contributed by atoms with Gasteiger partial charge in [0.2, 0.25) is 15.9 Å². The van der Waals surface area contributed by atoms with E-state index in [0.717, 1.165) is 16.7 Å². The lowest BCUT2D eigenvalue weighted by Crippen LogP contribution is -2.54. The average Bonchev–Trinajstić information content (AvgIpc) is 2.68. The molecular weight excluding hydrogens is 466 g/mol. The van der Waals surface area contributed by atoms with Crippen molar-refractivity contribution >= 4 is 15.9 Å². The van der Waals surface area contributed by atoms with Gasteiger partial charge in [-0.15, -0.1) is 0 Å². The van der Waals surface area contributed by atoms with Crippen molar-refractivity contribution in [3.63, 3.8) is 0 Å². The highest BCUT2D eigenvalue weighted by molar-refractivity contribution is 7.89. The minimum absolute atomic E-state index is 0.000500. The van der Waals surface area contributed by atoms with Crippen LogP contribution < -0.4 is 4.74 Å². The summed E-state index contributed by atoms with van der Waals surface area (Å²) in [5.41, 5.74) is 1.48. The molecule has 1 unspecified atom stereocenters. The molecule has 2 aliphatic rings. The highest BCUT2D eigenvalue weighted by Gasteiger charge is 2.42. The molecular formula is C24H26F2N2O5S. The second-order valence-corrected chi connectivity index (χ2v) is 11.0. The van der Waals surface area contributed by atoms with Gasteiger partial charge in [-0.3, -0.25) is 4.79 Å². The molecule has 0 bridgehead atoms. The first-order valence-electron chi connectivity index (χ1n) is 10.8. The molecule has 0 aliphatic carbocycles. The van der Waals surface area contributed by atoms with Gasteiger partial charge in [0.05, 0.1) is 16.4 Å². The Hall–Kier alpha value is -2.82. The summed E-state index contributed by atoms with van der Waals surface area (Å²) in [4.78, 5) is 14.8. The first-order valence-corrected chi connectivity index (χ1v) is 12.2. The number of ether oxygens (including phenoxy) is 1. The zero-order valence-corrected chi connectivity index (χ0v) is 19.6. The zero-order chi connectivity index (χ0) is 24.7. The molecule has 0 saturated carbocycles. The van der Waals surface area contributed by atoms with Crippen LogP contribution in [0.1, 0.15) is 25.3 Å². The lowest BCUT2D eigenvalue weighted by Gasteiger charge is -2.44. The number of nitrogens with zero attached hydrogens (tertiary/aromatic N) is 2. The van der Waals surface area contributed by atoms with E-state index >= 15 is 0 Å². The third kappa shape index (κ3) is 4.84. The van der Waals surface area contributed by atoms with Gasteiger partial charge in [0.15, 0.2) is 0 Å². The fourth-order valence-electron chi connectivity index (χ4n) is 4.19. The third-order valence-corrected chi connectivity index (χ3v) is 7.89. The number of hydrogen-bond donors (Lipinski definition) is 1. The summed E-state index contributed by atoms with van der Waals surface area (Å²) in [7, 11) is -3.75. The maximum absolute atomic E-state index is 13.1. The van der Waals surface area contributed by atoms with E-state index in [1.54, 1.807) is 18.7 Å². The Labute approximate surface area is 197 Å². The van der Waals surface area contributed by atoms with Crippen LogP contribution in [0.4, 0.5) is 8.78 Å². The predicted molar refractivity (Wildman–Crippen MR) is 121 cm³/mol. The SMILES string of the molecule is CC(C)(O)C(C(=O)N1CC(=C2CN(S(=O)(=O)c3ccc(OC(F)F)cc3)C2)C1)c1ccccc1. The van der Waals surface area contributed by atoms with Crippen LogP contribution >= 0.6 is 0 Å². The van der Waals surface area contributed by atoms with Crippen LogP contribution in [0, 0.1) is 0 Å². The Bertz CT molecular complexity index is 1180. The Morgan fingerprint density at radius 1 is 0.971 bits per heavy atom. The topological polar surface area (TPSA) is 87.2 Å². The van der Waals surface area contributed by atoms with Crippen molar-refractivity contribution in [2.45, 2.75) is 36.9 Å². The Balaban J connectivity index is 1.38. The first-order chi connectivity index (χ1) is 16.0. The number of likely N-dealkylation sites (tertiary alicyclic amines) is 1. The normalized spacial score (nSPS) is 17.9. The number of aliphatic hydroxyl groups is 1. The smallest absolute Gasteiger partial charge is 0.387 e. The van der Waals surface area contributed by atoms with Crippen LogP contribution in [-0.2, 0) is 14.8 Å². The number of carbonyl (C=O) groups is 1. The Kier molecular flexibility index (Phi) is 6.50. The summed E-state index contributed by atoms with van der Waals surface area (Å²) >= 11 is 0. The molecule has 2 saturated heterocycles. The summed E-state index contributed by atoms with van der Waals surface area (Å²) < 4.78 is 55.7. The summed E-state index contributed by atoms with van der Waals surface area (Å²) in [5.74, 6) is -0.979. The largest absolute Gasteiger partial charge is 0.435 e. The molecule has 1 amide bonds. The van der Waals surface area contributed by atoms with Gasteiger partial charge in [0, 0.05) is 26.2 Å². The molecule has 2 aromatic carbocycles. The lowest BCUT2D eigenvalue weighted by molar-refractivity contribution is -0.139. The molecule has 1 N–H and O–H groups in total. The van der Waals surface area contributed by atoms with Crippen LogP contribution in [0.5, 0.6) is 5.75 Å². The molecule has 34 heavy (non-hydrogen) atoms. The van der Waals surface area contributed by atoms with E-state index in [4.69, 9.17) is 0 Å². The van der Waals surface area contributed by atoms with Crippen molar-refractivity contribution < 1.29 is 31.8 Å². The van der Waals surface area contributed by atoms with Gasteiger partial charge in [-0.2, -0.15) is 13.1 Å². The minimum atomic E-state index is -3.75. The van der Waals surface area contributed by atoms with Crippen molar-refractivity contribution in [1.29, 1.82) is 0 Å². The van der Waals surface area contributed by atoms with Gasteiger partial charge in [0.25, 0.3) is 0 Å². The summed E-state index contributed by atoms with van der Waals surface area (Å²) in [6.45, 7) is 1.51. The van der Waals surface area contributed by atoms with Crippen LogP contribution in [0.25, 0.3) is 0 Å². The van der Waals surface area contributed by atoms with Gasteiger partial charge in [-0.25, -0.2) is 8.42 Å². The lowest BCUT2D eigenvalue weighted by atomic mass is 9.82. The first kappa shape index (κ1) is 24.3. The summed E-state index contributed by atoms with van der Waals surface area (Å²) in [5, 5.41) is 10.6. The minimum Gasteiger partial charge on any atom is -0.435 e. The van der Waals surface area contributed by atoms with Crippen LogP contribution in [-0.4, -0.2) is 67.0 Å². The molecule has 10 heteroatoms. The monoisotopic (exact) mass is 492 g/mol. The van der Waals surface area contributed by atoms with Gasteiger partial charge in [-0.1, -0.05) is 30.3 Å². The molecule has 7 nitrogen and oxygen atoms in total. The van der Waals surface area contributed by atoms with E-state index in [0.29, 0.717) is 13.1 Å². The average molecular weight is 493 g/mol. The second-order valence-electron chi connectivity index (χ2n) is 9.02. The molecule has 0 aromatic heterocycles. The number of carbonyl (C=O) groups excluding carboxylic acids is 1. The standard InChI is InChI=1S/C24H26F2N2O5S/c1-24(2,30)21(16-6-4-3-5-7-16)22(29)27-12-17(13-27)18-14-28(15-18)34(31,32)20-10-8-19(9-11-20)33-23(25)26/h3-11,21,23,30H,12-15H2,1-2H3. The molecule has 2 aromatic rings. The molecule has 2 aliphatic heterocycles. The third-order valence-electron chi connectivity index (χ3n) is 6.08. The van der Waals surface area contributed by atoms with E-state index < -0.39 is 28.2 Å². The number of benzene rings is 2. The second kappa shape index (κ2) is 9.09. The van der Waals surface area contributed by atoms with Crippen molar-refractivity contribution in [3.05, 3.63) is 71.3 Å². The van der Waals surface area contributed by atoms with Crippen molar-refractivity contribution in [2.75, 3.05) is 26.2 Å². The molecule has 0 spiro atoms. The highest BCUT2D eigenvalue weighted by atomic mass is 32.2. The molecule has 0 radical (unpaired) electrons. The van der Waals surface area contributed by atoms with Gasteiger partial charge in [-0.05, 0) is 54.8 Å². The van der Waals surface area contributed by atoms with Crippen LogP contribution in [0.15, 0.2) is 70.6 Å². The van der Waals surface area contributed by atoms with E-state index in [1.807, 2.05) is 30.3 Å². The molecule has 182 valence electrons. The number of halogens is 2. The fourth-order valence-corrected chi connectivity index (χ4v) is 5.62. The Morgan fingerprint density at radius 3 is 2.06 bits per heavy atom. The highest BCUT2D eigenvalue weighted by Crippen LogP contribution is 2.35. The van der Waals surface area contributed by atoms with E-state index in [1.165, 1.54) is 28.6 Å². The van der Waals surface area contributed by atoms with Crippen LogP contribution in [0.2, 0.25) is 0 Å². The van der Waals surface area contributed by atoms with E-state index in [9.17, 15) is 27.1 Å². The summed E-state index contributed by atoms with van der Waals surface area (Å²) in [6.07, 6.45) is 0. The predicted octanol–water partition coefficient (Wildman–Crippen LogP) is 2.99. The Morgan fingerprint density at radius 2 is 1.53 bits per heavy atom. The number of amides is 1. The van der Waals surface area contributed by atoms with Gasteiger partial charge in [0.1, 0.15) is 5.75 Å². The maximum Gasteiger partial charge on any atom is 0.387 e. The van der Waals surface area contributed by atoms with Gasteiger partial charge >= 0.3 is 6.61 Å². The van der Waals surface area contributed by atoms with Gasteiger partial charge < -0.3 is 14.7 Å². The van der Waals surface area contributed by atoms with Crippen LogP contribution in [0.3, 0.4) is 0 Å². The van der Waals surface area contributed by atoms with Crippen molar-refractivity contribution in [2.24, 2.45) is 0 Å². The number of hydrogen-bond acceptors (Lipinski definition) is 5. The van der Waals surface area contributed by atoms with Crippen molar-refractivity contribution in [3.8, 4) is 5.75 Å². The van der Waals surface area contributed by atoms with Crippen molar-refractivity contribution in [1.82, 2.24) is 9.21 Å². The molecule has 2 fully saturated rings. The van der Waals surface area contributed by atoms with E-state index in [-0.39, 0.29) is 29.6 Å². The summed E-state index contributed by atoms with van der Waals surface area (Å²) in [6, 6.07) is 14.0. The molecule has 1 atom stereocenters. The quantitative estimate of drug-likeness (QED) is 0.601. The number of alkyl halides is 2. The molecule has 2 heterocycles. The molecule has 4 rings (SSSR count). The zero-order valence-electron chi connectivity index (χ0n) is 18.8. The fraction of sp³-hybridized carbons (Fsp3) is 0.375. The number of rotatable bonds is 7. The maximum atomic E-state index is 13.1.